The Labute approximate surface area is 123 Å². The van der Waals surface area contributed by atoms with E-state index in [1.54, 1.807) is 30.3 Å². The minimum absolute atomic E-state index is 0.0371. The predicted molar refractivity (Wildman–Crippen MR) is 76.3 cm³/mol. The molecule has 0 amide bonds. The van der Waals surface area contributed by atoms with Crippen molar-refractivity contribution in [3.05, 3.63) is 68.2 Å². The van der Waals surface area contributed by atoms with E-state index in [0.29, 0.717) is 11.3 Å². The summed E-state index contributed by atoms with van der Waals surface area (Å²) in [5.74, 6) is 0.481. The SMILES string of the molecule is N#Cc1cc(Br)ccc1OCc1ccc([N+](=O)[O-])cc1. The van der Waals surface area contributed by atoms with Crippen molar-refractivity contribution in [2.45, 2.75) is 6.61 Å². The van der Waals surface area contributed by atoms with E-state index in [1.807, 2.05) is 0 Å². The Bertz CT molecular complexity index is 678. The van der Waals surface area contributed by atoms with Crippen LogP contribution in [0.2, 0.25) is 0 Å². The molecule has 100 valence electrons. The molecule has 0 unspecified atom stereocenters. The van der Waals surface area contributed by atoms with Crippen molar-refractivity contribution in [2.75, 3.05) is 0 Å². The summed E-state index contributed by atoms with van der Waals surface area (Å²) in [4.78, 5) is 10.1. The third-order valence-electron chi connectivity index (χ3n) is 2.60. The van der Waals surface area contributed by atoms with Gasteiger partial charge in [0.2, 0.25) is 0 Å². The van der Waals surface area contributed by atoms with E-state index in [4.69, 9.17) is 10.00 Å². The van der Waals surface area contributed by atoms with Gasteiger partial charge in [-0.3, -0.25) is 10.1 Å². The predicted octanol–water partition coefficient (Wildman–Crippen LogP) is 3.81. The summed E-state index contributed by atoms with van der Waals surface area (Å²) in [6.45, 7) is 0.244. The summed E-state index contributed by atoms with van der Waals surface area (Å²) in [6.07, 6.45) is 0. The number of nitrogens with zero attached hydrogens (tertiary/aromatic N) is 2. The van der Waals surface area contributed by atoms with Crippen LogP contribution in [0.3, 0.4) is 0 Å². The van der Waals surface area contributed by atoms with Gasteiger partial charge < -0.3 is 4.74 Å². The van der Waals surface area contributed by atoms with Crippen LogP contribution in [-0.2, 0) is 6.61 Å². The Morgan fingerprint density at radius 3 is 2.55 bits per heavy atom. The molecule has 2 rings (SSSR count). The van der Waals surface area contributed by atoms with Gasteiger partial charge in [-0.15, -0.1) is 0 Å². The summed E-state index contributed by atoms with van der Waals surface area (Å²) >= 11 is 3.28. The molecule has 0 atom stereocenters. The fourth-order valence-electron chi connectivity index (χ4n) is 1.59. The molecule has 0 aromatic heterocycles. The van der Waals surface area contributed by atoms with Crippen molar-refractivity contribution >= 4 is 21.6 Å². The van der Waals surface area contributed by atoms with E-state index in [9.17, 15) is 10.1 Å². The molecule has 0 radical (unpaired) electrons. The molecule has 0 saturated carbocycles. The van der Waals surface area contributed by atoms with Crippen LogP contribution in [0.25, 0.3) is 0 Å². The molecule has 0 aliphatic rings. The second kappa shape index (κ2) is 6.17. The fourth-order valence-corrected chi connectivity index (χ4v) is 1.95. The zero-order valence-electron chi connectivity index (χ0n) is 10.2. The molecule has 2 aromatic carbocycles. The van der Waals surface area contributed by atoms with E-state index in [2.05, 4.69) is 22.0 Å². The molecule has 0 bridgehead atoms. The van der Waals surface area contributed by atoms with Gasteiger partial charge in [-0.2, -0.15) is 5.26 Å². The van der Waals surface area contributed by atoms with Gasteiger partial charge >= 0.3 is 0 Å². The lowest BCUT2D eigenvalue weighted by atomic mass is 10.2. The van der Waals surface area contributed by atoms with E-state index < -0.39 is 4.92 Å². The van der Waals surface area contributed by atoms with Crippen LogP contribution >= 0.6 is 15.9 Å². The second-order valence-corrected chi connectivity index (χ2v) is 4.88. The highest BCUT2D eigenvalue weighted by Gasteiger charge is 2.06. The lowest BCUT2D eigenvalue weighted by Crippen LogP contribution is -1.97. The first-order valence-corrected chi connectivity index (χ1v) is 6.45. The quantitative estimate of drug-likeness (QED) is 0.630. The normalized spacial score (nSPS) is 9.80. The van der Waals surface area contributed by atoms with Gasteiger partial charge in [0.05, 0.1) is 10.5 Å². The number of halogens is 1. The Morgan fingerprint density at radius 2 is 1.95 bits per heavy atom. The van der Waals surface area contributed by atoms with Crippen LogP contribution in [0.1, 0.15) is 11.1 Å². The molecule has 20 heavy (non-hydrogen) atoms. The number of ether oxygens (including phenoxy) is 1. The number of hydrogen-bond acceptors (Lipinski definition) is 4. The molecule has 0 spiro atoms. The third kappa shape index (κ3) is 3.33. The molecule has 0 aliphatic carbocycles. The topological polar surface area (TPSA) is 76.2 Å². The maximum Gasteiger partial charge on any atom is 0.269 e. The van der Waals surface area contributed by atoms with Crippen LogP contribution in [-0.4, -0.2) is 4.92 Å². The molecule has 0 N–H and O–H groups in total. The van der Waals surface area contributed by atoms with Crippen LogP contribution < -0.4 is 4.74 Å². The average molecular weight is 333 g/mol. The van der Waals surface area contributed by atoms with Gasteiger partial charge in [0, 0.05) is 16.6 Å². The first-order valence-electron chi connectivity index (χ1n) is 5.66. The Hall–Kier alpha value is -2.39. The zero-order chi connectivity index (χ0) is 14.5. The minimum Gasteiger partial charge on any atom is -0.488 e. The molecule has 6 heteroatoms. The average Bonchev–Trinajstić information content (AvgIpc) is 2.46. The molecule has 2 aromatic rings. The first-order chi connectivity index (χ1) is 9.60. The minimum atomic E-state index is -0.451. The van der Waals surface area contributed by atoms with Crippen LogP contribution in [0.5, 0.6) is 5.75 Å². The Morgan fingerprint density at radius 1 is 1.25 bits per heavy atom. The highest BCUT2D eigenvalue weighted by Crippen LogP contribution is 2.23. The summed E-state index contributed by atoms with van der Waals surface area (Å²) in [7, 11) is 0. The van der Waals surface area contributed by atoms with Crippen molar-refractivity contribution < 1.29 is 9.66 Å². The van der Waals surface area contributed by atoms with Crippen molar-refractivity contribution in [1.82, 2.24) is 0 Å². The highest BCUT2D eigenvalue weighted by atomic mass is 79.9. The first kappa shape index (κ1) is 14.0. The van der Waals surface area contributed by atoms with Gasteiger partial charge in [-0.1, -0.05) is 15.9 Å². The van der Waals surface area contributed by atoms with Gasteiger partial charge in [0.25, 0.3) is 5.69 Å². The number of rotatable bonds is 4. The molecule has 5 nitrogen and oxygen atoms in total. The number of nitro groups is 1. The maximum absolute atomic E-state index is 10.5. The lowest BCUT2D eigenvalue weighted by Gasteiger charge is -2.08. The van der Waals surface area contributed by atoms with Crippen LogP contribution in [0.15, 0.2) is 46.9 Å². The Balaban J connectivity index is 2.09. The fraction of sp³-hybridized carbons (Fsp3) is 0.0714. The van der Waals surface area contributed by atoms with E-state index >= 15 is 0 Å². The number of non-ortho nitro benzene ring substituents is 1. The summed E-state index contributed by atoms with van der Waals surface area (Å²) < 4.78 is 6.36. The molecule has 0 fully saturated rings. The monoisotopic (exact) mass is 332 g/mol. The summed E-state index contributed by atoms with van der Waals surface area (Å²) in [5.41, 5.74) is 1.26. The van der Waals surface area contributed by atoms with E-state index in [1.165, 1.54) is 12.1 Å². The summed E-state index contributed by atoms with van der Waals surface area (Å²) in [6, 6.07) is 13.3. The maximum atomic E-state index is 10.5. The van der Waals surface area contributed by atoms with E-state index in [0.717, 1.165) is 10.0 Å². The highest BCUT2D eigenvalue weighted by molar-refractivity contribution is 9.10. The zero-order valence-corrected chi connectivity index (χ0v) is 11.8. The summed E-state index contributed by atoms with van der Waals surface area (Å²) in [5, 5.41) is 19.6. The molecular weight excluding hydrogens is 324 g/mol. The second-order valence-electron chi connectivity index (χ2n) is 3.96. The van der Waals surface area contributed by atoms with Crippen LogP contribution in [0, 0.1) is 21.4 Å². The number of hydrogen-bond donors (Lipinski definition) is 0. The number of benzene rings is 2. The van der Waals surface area contributed by atoms with Crippen LogP contribution in [0.4, 0.5) is 5.69 Å². The van der Waals surface area contributed by atoms with Crippen molar-refractivity contribution in [3.63, 3.8) is 0 Å². The van der Waals surface area contributed by atoms with Gasteiger partial charge in [-0.05, 0) is 35.9 Å². The van der Waals surface area contributed by atoms with Gasteiger partial charge in [0.15, 0.2) is 0 Å². The number of nitriles is 1. The third-order valence-corrected chi connectivity index (χ3v) is 3.10. The van der Waals surface area contributed by atoms with Crippen molar-refractivity contribution in [3.8, 4) is 11.8 Å². The number of nitro benzene ring substituents is 1. The molecular formula is C14H9BrN2O3. The van der Waals surface area contributed by atoms with Gasteiger partial charge in [-0.25, -0.2) is 0 Å². The molecule has 0 saturated heterocycles. The van der Waals surface area contributed by atoms with Gasteiger partial charge in [0.1, 0.15) is 18.4 Å². The molecule has 0 heterocycles. The lowest BCUT2D eigenvalue weighted by molar-refractivity contribution is -0.384. The van der Waals surface area contributed by atoms with E-state index in [-0.39, 0.29) is 12.3 Å². The molecule has 0 aliphatic heterocycles. The largest absolute Gasteiger partial charge is 0.488 e. The standard InChI is InChI=1S/C14H9BrN2O3/c15-12-3-6-14(11(7-12)8-16)20-9-10-1-4-13(5-2-10)17(18)19/h1-7H,9H2. The smallest absolute Gasteiger partial charge is 0.269 e. The Kier molecular flexibility index (Phi) is 4.33. The van der Waals surface area contributed by atoms with Crippen molar-refractivity contribution in [1.29, 1.82) is 5.26 Å². The van der Waals surface area contributed by atoms with Crippen molar-refractivity contribution in [2.24, 2.45) is 0 Å².